The molecule has 0 radical (unpaired) electrons. The third-order valence-electron chi connectivity index (χ3n) is 5.94. The van der Waals surface area contributed by atoms with Crippen molar-refractivity contribution in [3.63, 3.8) is 0 Å². The van der Waals surface area contributed by atoms with E-state index in [-0.39, 0.29) is 18.0 Å². The number of rotatable bonds is 2. The molecule has 2 atom stereocenters. The summed E-state index contributed by atoms with van der Waals surface area (Å²) < 4.78 is 22.1. The number of nitrogens with zero attached hydrogens (tertiary/aromatic N) is 3. The monoisotopic (exact) mass is 444 g/mol. The zero-order valence-electron chi connectivity index (χ0n) is 17.1. The summed E-state index contributed by atoms with van der Waals surface area (Å²) in [5.41, 5.74) is 5.78. The number of aromatic nitrogens is 3. The van der Waals surface area contributed by atoms with Crippen LogP contribution in [-0.4, -0.2) is 14.8 Å². The van der Waals surface area contributed by atoms with Crippen LogP contribution in [0.25, 0.3) is 5.70 Å². The molecule has 2 aliphatic rings. The third-order valence-corrected chi connectivity index (χ3v) is 6.18. The summed E-state index contributed by atoms with van der Waals surface area (Å²) in [6.45, 7) is 2.05. The average molecular weight is 445 g/mol. The number of hydrogen-bond donors (Lipinski definition) is 1. The van der Waals surface area contributed by atoms with E-state index in [1.54, 1.807) is 12.1 Å². The van der Waals surface area contributed by atoms with Crippen LogP contribution in [0.4, 0.5) is 10.3 Å². The van der Waals surface area contributed by atoms with Crippen molar-refractivity contribution in [2.75, 3.05) is 5.32 Å². The van der Waals surface area contributed by atoms with E-state index in [4.69, 9.17) is 16.3 Å². The van der Waals surface area contributed by atoms with Crippen molar-refractivity contribution in [1.29, 1.82) is 0 Å². The number of benzene rings is 3. The fraction of sp³-hybridized carbons (Fsp3) is 0.120. The van der Waals surface area contributed by atoms with Gasteiger partial charge in [-0.15, -0.1) is 0 Å². The smallest absolute Gasteiger partial charge is 0.226 e. The Labute approximate surface area is 189 Å². The van der Waals surface area contributed by atoms with Crippen molar-refractivity contribution in [3.05, 3.63) is 112 Å². The predicted octanol–water partition coefficient (Wildman–Crippen LogP) is 5.94. The Morgan fingerprint density at radius 2 is 1.75 bits per heavy atom. The lowest BCUT2D eigenvalue weighted by molar-refractivity contribution is 0.223. The van der Waals surface area contributed by atoms with Crippen molar-refractivity contribution in [2.24, 2.45) is 0 Å². The maximum absolute atomic E-state index is 13.7. The van der Waals surface area contributed by atoms with E-state index in [0.29, 0.717) is 11.0 Å². The highest BCUT2D eigenvalue weighted by atomic mass is 35.5. The van der Waals surface area contributed by atoms with Crippen molar-refractivity contribution >= 4 is 23.2 Å². The van der Waals surface area contributed by atoms with Crippen LogP contribution in [0.1, 0.15) is 34.4 Å². The minimum atomic E-state index is -0.376. The molecule has 2 unspecified atom stereocenters. The second-order valence-electron chi connectivity index (χ2n) is 7.99. The first-order chi connectivity index (χ1) is 15.6. The van der Waals surface area contributed by atoms with E-state index in [2.05, 4.69) is 46.6 Å². The number of anilines is 1. The molecule has 0 saturated heterocycles. The van der Waals surface area contributed by atoms with E-state index in [0.717, 1.165) is 33.7 Å². The first kappa shape index (κ1) is 19.1. The standard InChI is InChI=1S/C25H18ClFN4O/c1-14-2-4-16(5-3-14)24-21-22(19-12-17(26)8-11-20(19)32-24)30-25-28-13-29-31(25)23(21)15-6-9-18(27)10-7-15/h2-13,23-24H,1H3,(H,28,29,30). The lowest BCUT2D eigenvalue weighted by Gasteiger charge is -2.39. The van der Waals surface area contributed by atoms with Crippen LogP contribution in [-0.2, 0) is 0 Å². The molecule has 7 heteroatoms. The summed E-state index contributed by atoms with van der Waals surface area (Å²) in [4.78, 5) is 4.40. The molecule has 32 heavy (non-hydrogen) atoms. The minimum Gasteiger partial charge on any atom is -0.480 e. The summed E-state index contributed by atoms with van der Waals surface area (Å²) >= 11 is 6.35. The van der Waals surface area contributed by atoms with Gasteiger partial charge in [0.15, 0.2) is 0 Å². The zero-order chi connectivity index (χ0) is 21.8. The van der Waals surface area contributed by atoms with Gasteiger partial charge in [-0.25, -0.2) is 9.07 Å². The Kier molecular flexibility index (Phi) is 4.30. The average Bonchev–Trinajstić information content (AvgIpc) is 3.27. The number of nitrogens with one attached hydrogen (secondary N) is 1. The molecule has 0 aliphatic carbocycles. The molecule has 0 bridgehead atoms. The molecular weight excluding hydrogens is 427 g/mol. The Bertz CT molecular complexity index is 1360. The second kappa shape index (κ2) is 7.21. The van der Waals surface area contributed by atoms with Gasteiger partial charge in [0.25, 0.3) is 0 Å². The fourth-order valence-corrected chi connectivity index (χ4v) is 4.60. The number of hydrogen-bond acceptors (Lipinski definition) is 4. The summed E-state index contributed by atoms with van der Waals surface area (Å²) in [5.74, 6) is 1.05. The van der Waals surface area contributed by atoms with Crippen LogP contribution < -0.4 is 10.1 Å². The lowest BCUT2D eigenvalue weighted by atomic mass is 9.84. The molecule has 1 N–H and O–H groups in total. The fourth-order valence-electron chi connectivity index (χ4n) is 4.42. The molecule has 0 saturated carbocycles. The molecule has 1 aromatic heterocycles. The molecule has 4 aromatic rings. The van der Waals surface area contributed by atoms with Gasteiger partial charge in [0.2, 0.25) is 5.95 Å². The highest BCUT2D eigenvalue weighted by Gasteiger charge is 2.41. The van der Waals surface area contributed by atoms with Crippen molar-refractivity contribution < 1.29 is 9.13 Å². The highest BCUT2D eigenvalue weighted by molar-refractivity contribution is 6.30. The summed E-state index contributed by atoms with van der Waals surface area (Å²) in [7, 11) is 0. The van der Waals surface area contributed by atoms with Gasteiger partial charge in [0.1, 0.15) is 30.0 Å². The summed E-state index contributed by atoms with van der Waals surface area (Å²) in [6, 6.07) is 20.0. The molecule has 158 valence electrons. The quantitative estimate of drug-likeness (QED) is 0.415. The van der Waals surface area contributed by atoms with Gasteiger partial charge in [-0.2, -0.15) is 10.1 Å². The summed E-state index contributed by atoms with van der Waals surface area (Å²) in [5, 5.41) is 8.53. The van der Waals surface area contributed by atoms with Crippen LogP contribution in [0.3, 0.4) is 0 Å². The maximum Gasteiger partial charge on any atom is 0.226 e. The van der Waals surface area contributed by atoms with E-state index in [1.807, 2.05) is 22.9 Å². The Morgan fingerprint density at radius 3 is 2.53 bits per heavy atom. The maximum atomic E-state index is 13.7. The van der Waals surface area contributed by atoms with Crippen LogP contribution in [0, 0.1) is 12.7 Å². The van der Waals surface area contributed by atoms with E-state index in [1.165, 1.54) is 24.0 Å². The molecule has 0 spiro atoms. The summed E-state index contributed by atoms with van der Waals surface area (Å²) in [6.07, 6.45) is 1.14. The lowest BCUT2D eigenvalue weighted by Crippen LogP contribution is -2.32. The van der Waals surface area contributed by atoms with Gasteiger partial charge >= 0.3 is 0 Å². The zero-order valence-corrected chi connectivity index (χ0v) is 17.8. The minimum absolute atomic E-state index is 0.289. The SMILES string of the molecule is Cc1ccc(C2Oc3ccc(Cl)cc3C3=C2C(c2ccc(F)cc2)n2ncnc2N3)cc1. The van der Waals surface area contributed by atoms with Crippen molar-refractivity contribution in [2.45, 2.75) is 19.1 Å². The number of fused-ring (bicyclic) bond motifs is 3. The van der Waals surface area contributed by atoms with E-state index in [9.17, 15) is 4.39 Å². The highest BCUT2D eigenvalue weighted by Crippen LogP contribution is 2.51. The Hall–Kier alpha value is -3.64. The third kappa shape index (κ3) is 2.99. The normalized spacial score (nSPS) is 18.8. The molecule has 3 heterocycles. The Balaban J connectivity index is 1.63. The number of ether oxygens (including phenoxy) is 1. The molecule has 3 aromatic carbocycles. The topological polar surface area (TPSA) is 52.0 Å². The van der Waals surface area contributed by atoms with Crippen molar-refractivity contribution in [3.8, 4) is 5.75 Å². The van der Waals surface area contributed by atoms with Crippen molar-refractivity contribution in [1.82, 2.24) is 14.8 Å². The van der Waals surface area contributed by atoms with Crippen LogP contribution in [0.15, 0.2) is 78.6 Å². The first-order valence-corrected chi connectivity index (χ1v) is 10.7. The van der Waals surface area contributed by atoms with Crippen LogP contribution in [0.5, 0.6) is 5.75 Å². The van der Waals surface area contributed by atoms with E-state index < -0.39 is 0 Å². The molecule has 2 aliphatic heterocycles. The molecule has 5 nitrogen and oxygen atoms in total. The molecule has 0 amide bonds. The van der Waals surface area contributed by atoms with Gasteiger partial charge in [0.05, 0.1) is 5.70 Å². The number of aryl methyl sites for hydroxylation is 1. The van der Waals surface area contributed by atoms with Gasteiger partial charge in [-0.05, 0) is 48.4 Å². The molecule has 0 fully saturated rings. The first-order valence-electron chi connectivity index (χ1n) is 10.3. The predicted molar refractivity (Wildman–Crippen MR) is 121 cm³/mol. The van der Waals surface area contributed by atoms with E-state index >= 15 is 0 Å². The molecular formula is C25H18ClFN4O. The van der Waals surface area contributed by atoms with Gasteiger partial charge in [0, 0.05) is 16.2 Å². The Morgan fingerprint density at radius 1 is 1.00 bits per heavy atom. The van der Waals surface area contributed by atoms with Crippen LogP contribution >= 0.6 is 11.6 Å². The van der Waals surface area contributed by atoms with Gasteiger partial charge in [-0.3, -0.25) is 0 Å². The number of halogens is 2. The largest absolute Gasteiger partial charge is 0.480 e. The molecule has 6 rings (SSSR count). The van der Waals surface area contributed by atoms with Gasteiger partial charge in [-0.1, -0.05) is 53.6 Å². The van der Waals surface area contributed by atoms with Gasteiger partial charge < -0.3 is 10.1 Å². The van der Waals surface area contributed by atoms with Crippen LogP contribution in [0.2, 0.25) is 5.02 Å². The second-order valence-corrected chi connectivity index (χ2v) is 8.42.